The standard InChI is InChI=1S/C32H38O8/c1-21(2)15-35-17-25(39-23(5)33)19-37-31-27-11-7-9-13-29(27)32(30-14-10-8-12-28(30)31)38-20-26(40-24(6)34)18-36-16-22(3)4/h7-14,25-26H,1,3,15-20H2,2,4-6H3. The molecular formula is C32H38O8. The predicted octanol–water partition coefficient (Wildman–Crippen LogP) is 5.80. The Morgan fingerprint density at radius 3 is 1.20 bits per heavy atom. The highest BCUT2D eigenvalue weighted by atomic mass is 16.6. The first kappa shape index (κ1) is 30.7. The smallest absolute Gasteiger partial charge is 0.303 e. The first-order chi connectivity index (χ1) is 19.2. The molecule has 0 aliphatic rings. The van der Waals surface area contributed by atoms with Gasteiger partial charge in [0.15, 0.2) is 12.2 Å². The van der Waals surface area contributed by atoms with Crippen LogP contribution in [0.15, 0.2) is 72.8 Å². The van der Waals surface area contributed by atoms with Gasteiger partial charge in [-0.05, 0) is 13.8 Å². The molecule has 40 heavy (non-hydrogen) atoms. The summed E-state index contributed by atoms with van der Waals surface area (Å²) in [6.45, 7) is 15.4. The topological polar surface area (TPSA) is 89.5 Å². The molecule has 0 spiro atoms. The van der Waals surface area contributed by atoms with Crippen LogP contribution < -0.4 is 9.47 Å². The van der Waals surface area contributed by atoms with Gasteiger partial charge in [0, 0.05) is 35.4 Å². The molecule has 0 amide bonds. The second-order valence-electron chi connectivity index (χ2n) is 9.78. The summed E-state index contributed by atoms with van der Waals surface area (Å²) >= 11 is 0. The van der Waals surface area contributed by atoms with Crippen molar-refractivity contribution >= 4 is 33.5 Å². The lowest BCUT2D eigenvalue weighted by Crippen LogP contribution is -2.29. The Labute approximate surface area is 235 Å². The molecule has 0 aliphatic heterocycles. The van der Waals surface area contributed by atoms with Crippen molar-refractivity contribution in [2.75, 3.05) is 39.6 Å². The van der Waals surface area contributed by atoms with Crippen molar-refractivity contribution in [2.24, 2.45) is 0 Å². The van der Waals surface area contributed by atoms with Gasteiger partial charge < -0.3 is 28.4 Å². The quantitative estimate of drug-likeness (QED) is 0.126. The molecule has 0 fully saturated rings. The minimum Gasteiger partial charge on any atom is -0.488 e. The van der Waals surface area contributed by atoms with Gasteiger partial charge >= 0.3 is 11.9 Å². The van der Waals surface area contributed by atoms with Gasteiger partial charge in [0.1, 0.15) is 24.7 Å². The molecule has 0 saturated carbocycles. The van der Waals surface area contributed by atoms with Gasteiger partial charge in [0.05, 0.1) is 26.4 Å². The summed E-state index contributed by atoms with van der Waals surface area (Å²) in [5.41, 5.74) is 1.74. The number of carbonyl (C=O) groups excluding carboxylic acids is 2. The van der Waals surface area contributed by atoms with Crippen LogP contribution in [0.3, 0.4) is 0 Å². The number of esters is 2. The van der Waals surface area contributed by atoms with Gasteiger partial charge in [-0.2, -0.15) is 0 Å². The fourth-order valence-corrected chi connectivity index (χ4v) is 4.14. The molecule has 0 radical (unpaired) electrons. The lowest BCUT2D eigenvalue weighted by atomic mass is 10.0. The van der Waals surface area contributed by atoms with Crippen LogP contribution in [-0.2, 0) is 28.5 Å². The molecule has 8 nitrogen and oxygen atoms in total. The van der Waals surface area contributed by atoms with E-state index in [1.807, 2.05) is 62.4 Å². The van der Waals surface area contributed by atoms with Gasteiger partial charge in [0.2, 0.25) is 0 Å². The van der Waals surface area contributed by atoms with Gasteiger partial charge in [-0.15, -0.1) is 0 Å². The Balaban J connectivity index is 1.92. The monoisotopic (exact) mass is 550 g/mol. The maximum atomic E-state index is 11.7. The molecule has 2 atom stereocenters. The fraction of sp³-hybridized carbons (Fsp3) is 0.375. The number of benzene rings is 3. The van der Waals surface area contributed by atoms with Crippen LogP contribution in [-0.4, -0.2) is 63.8 Å². The third-order valence-electron chi connectivity index (χ3n) is 5.63. The number of carbonyl (C=O) groups is 2. The average Bonchev–Trinajstić information content (AvgIpc) is 2.89. The van der Waals surface area contributed by atoms with E-state index in [0.717, 1.165) is 32.7 Å². The number of rotatable bonds is 16. The number of hydrogen-bond acceptors (Lipinski definition) is 8. The summed E-state index contributed by atoms with van der Waals surface area (Å²) in [5.74, 6) is 0.440. The number of fused-ring (bicyclic) bond motifs is 2. The van der Waals surface area contributed by atoms with E-state index in [0.29, 0.717) is 24.7 Å². The van der Waals surface area contributed by atoms with Gasteiger partial charge in [-0.3, -0.25) is 9.59 Å². The average molecular weight is 551 g/mol. The molecule has 0 heterocycles. The Morgan fingerprint density at radius 2 is 0.925 bits per heavy atom. The molecule has 0 bridgehead atoms. The minimum atomic E-state index is -0.603. The van der Waals surface area contributed by atoms with Crippen LogP contribution in [0.25, 0.3) is 21.5 Å². The Bertz CT molecular complexity index is 1190. The highest BCUT2D eigenvalue weighted by Gasteiger charge is 2.21. The summed E-state index contributed by atoms with van der Waals surface area (Å²) < 4.78 is 34.8. The first-order valence-corrected chi connectivity index (χ1v) is 13.1. The molecule has 3 aromatic rings. The second kappa shape index (κ2) is 15.1. The van der Waals surface area contributed by atoms with E-state index in [9.17, 15) is 9.59 Å². The zero-order chi connectivity index (χ0) is 29.1. The van der Waals surface area contributed by atoms with E-state index in [2.05, 4.69) is 13.2 Å². The van der Waals surface area contributed by atoms with E-state index in [-0.39, 0.29) is 26.4 Å². The highest BCUT2D eigenvalue weighted by Crippen LogP contribution is 2.42. The summed E-state index contributed by atoms with van der Waals surface area (Å²) in [5, 5.41) is 3.29. The summed E-state index contributed by atoms with van der Waals surface area (Å²) in [7, 11) is 0. The molecule has 8 heteroatoms. The first-order valence-electron chi connectivity index (χ1n) is 13.1. The number of ether oxygens (including phenoxy) is 6. The molecule has 3 rings (SSSR count). The summed E-state index contributed by atoms with van der Waals surface area (Å²) in [6.07, 6.45) is -1.21. The Hall–Kier alpha value is -3.88. The van der Waals surface area contributed by atoms with Crippen molar-refractivity contribution in [2.45, 2.75) is 39.9 Å². The second-order valence-corrected chi connectivity index (χ2v) is 9.78. The lowest BCUT2D eigenvalue weighted by molar-refractivity contribution is -0.152. The van der Waals surface area contributed by atoms with Crippen molar-refractivity contribution in [3.8, 4) is 11.5 Å². The largest absolute Gasteiger partial charge is 0.488 e. The maximum absolute atomic E-state index is 11.7. The fourth-order valence-electron chi connectivity index (χ4n) is 4.14. The zero-order valence-corrected chi connectivity index (χ0v) is 23.7. The molecule has 0 aliphatic carbocycles. The molecular weight excluding hydrogens is 512 g/mol. The maximum Gasteiger partial charge on any atom is 0.303 e. The van der Waals surface area contributed by atoms with Crippen LogP contribution in [0.2, 0.25) is 0 Å². The van der Waals surface area contributed by atoms with Crippen molar-refractivity contribution in [3.63, 3.8) is 0 Å². The zero-order valence-electron chi connectivity index (χ0n) is 23.7. The highest BCUT2D eigenvalue weighted by molar-refractivity contribution is 6.11. The Morgan fingerprint density at radius 1 is 0.600 bits per heavy atom. The predicted molar refractivity (Wildman–Crippen MR) is 155 cm³/mol. The van der Waals surface area contributed by atoms with Crippen LogP contribution in [0.4, 0.5) is 0 Å². The summed E-state index contributed by atoms with van der Waals surface area (Å²) in [6, 6.07) is 15.5. The van der Waals surface area contributed by atoms with Gasteiger partial charge in [-0.1, -0.05) is 72.8 Å². The lowest BCUT2D eigenvalue weighted by Gasteiger charge is -2.22. The van der Waals surface area contributed by atoms with E-state index >= 15 is 0 Å². The van der Waals surface area contributed by atoms with Crippen LogP contribution >= 0.6 is 0 Å². The third kappa shape index (κ3) is 9.10. The molecule has 214 valence electrons. The van der Waals surface area contributed by atoms with Crippen molar-refractivity contribution in [3.05, 3.63) is 72.8 Å². The van der Waals surface area contributed by atoms with Crippen molar-refractivity contribution < 1.29 is 38.0 Å². The normalized spacial score (nSPS) is 12.5. The van der Waals surface area contributed by atoms with E-state index in [1.54, 1.807) is 0 Å². The SMILES string of the molecule is C=C(C)COCC(COc1c2ccccc2c(OCC(COCC(=C)C)OC(C)=O)c2ccccc12)OC(C)=O. The van der Waals surface area contributed by atoms with E-state index in [1.165, 1.54) is 13.8 Å². The summed E-state index contributed by atoms with van der Waals surface area (Å²) in [4.78, 5) is 23.4. The van der Waals surface area contributed by atoms with E-state index < -0.39 is 24.1 Å². The van der Waals surface area contributed by atoms with E-state index in [4.69, 9.17) is 28.4 Å². The van der Waals surface area contributed by atoms with Gasteiger partial charge in [0.25, 0.3) is 0 Å². The molecule has 0 N–H and O–H groups in total. The molecule has 3 aromatic carbocycles. The number of hydrogen-bond donors (Lipinski definition) is 0. The van der Waals surface area contributed by atoms with Crippen molar-refractivity contribution in [1.82, 2.24) is 0 Å². The van der Waals surface area contributed by atoms with Gasteiger partial charge in [-0.25, -0.2) is 0 Å². The minimum absolute atomic E-state index is 0.0958. The van der Waals surface area contributed by atoms with Crippen LogP contribution in [0.5, 0.6) is 11.5 Å². The van der Waals surface area contributed by atoms with Crippen LogP contribution in [0.1, 0.15) is 27.7 Å². The molecule has 2 unspecified atom stereocenters. The Kier molecular flexibility index (Phi) is 11.5. The van der Waals surface area contributed by atoms with Crippen LogP contribution in [0, 0.1) is 0 Å². The third-order valence-corrected chi connectivity index (χ3v) is 5.63. The van der Waals surface area contributed by atoms with Crippen molar-refractivity contribution in [1.29, 1.82) is 0 Å². The molecule has 0 aromatic heterocycles. The molecule has 0 saturated heterocycles.